The maximum atomic E-state index is 11.4. The van der Waals surface area contributed by atoms with Crippen LogP contribution in [-0.4, -0.2) is 20.4 Å². The average molecular weight is 310 g/mol. The number of hydrogen-bond acceptors (Lipinski definition) is 4. The van der Waals surface area contributed by atoms with E-state index in [0.717, 1.165) is 22.2 Å². The van der Waals surface area contributed by atoms with Crippen LogP contribution in [-0.2, 0) is 0 Å². The third kappa shape index (κ3) is 2.42. The van der Waals surface area contributed by atoms with Crippen LogP contribution in [0, 0.1) is 24.0 Å². The standard InChI is InChI=1S/C16H14N4O3/c1-9-5-12-14(6-10(9)2)19(8-18-12)13-4-3-11(16(17)21)7-15(13)20(22)23/h3-8H,1-2H3,(H2,17,21). The van der Waals surface area contributed by atoms with E-state index in [4.69, 9.17) is 5.73 Å². The van der Waals surface area contributed by atoms with E-state index < -0.39 is 10.8 Å². The van der Waals surface area contributed by atoms with E-state index in [0.29, 0.717) is 5.69 Å². The van der Waals surface area contributed by atoms with E-state index in [1.165, 1.54) is 24.5 Å². The highest BCUT2D eigenvalue weighted by Crippen LogP contribution is 2.28. The lowest BCUT2D eigenvalue weighted by Crippen LogP contribution is -2.12. The molecule has 0 aliphatic heterocycles. The molecular formula is C16H14N4O3. The Morgan fingerprint density at radius 2 is 1.91 bits per heavy atom. The Labute approximate surface area is 131 Å². The smallest absolute Gasteiger partial charge is 0.294 e. The molecular weight excluding hydrogens is 296 g/mol. The molecule has 0 saturated heterocycles. The third-order valence-electron chi connectivity index (χ3n) is 3.88. The van der Waals surface area contributed by atoms with Gasteiger partial charge in [0.15, 0.2) is 0 Å². The summed E-state index contributed by atoms with van der Waals surface area (Å²) in [5, 5.41) is 11.4. The molecule has 1 heterocycles. The van der Waals surface area contributed by atoms with Gasteiger partial charge in [-0.2, -0.15) is 0 Å². The number of nitro groups is 1. The molecule has 0 bridgehead atoms. The van der Waals surface area contributed by atoms with E-state index in [9.17, 15) is 14.9 Å². The molecule has 116 valence electrons. The summed E-state index contributed by atoms with van der Waals surface area (Å²) in [4.78, 5) is 26.4. The lowest BCUT2D eigenvalue weighted by Gasteiger charge is -2.08. The predicted molar refractivity (Wildman–Crippen MR) is 85.7 cm³/mol. The Morgan fingerprint density at radius 1 is 1.22 bits per heavy atom. The van der Waals surface area contributed by atoms with Crippen LogP contribution < -0.4 is 5.73 Å². The number of amides is 1. The molecule has 0 aliphatic rings. The predicted octanol–water partition coefficient (Wildman–Crippen LogP) is 2.65. The van der Waals surface area contributed by atoms with Crippen molar-refractivity contribution in [3.05, 3.63) is 63.5 Å². The van der Waals surface area contributed by atoms with Crippen molar-refractivity contribution in [2.45, 2.75) is 13.8 Å². The van der Waals surface area contributed by atoms with Crippen molar-refractivity contribution in [1.82, 2.24) is 9.55 Å². The van der Waals surface area contributed by atoms with Gasteiger partial charge in [0.2, 0.25) is 5.91 Å². The molecule has 0 fully saturated rings. The molecule has 0 unspecified atom stereocenters. The Hall–Kier alpha value is -3.22. The van der Waals surface area contributed by atoms with Crippen LogP contribution in [0.15, 0.2) is 36.7 Å². The van der Waals surface area contributed by atoms with Gasteiger partial charge < -0.3 is 5.73 Å². The molecule has 7 heteroatoms. The summed E-state index contributed by atoms with van der Waals surface area (Å²) >= 11 is 0. The third-order valence-corrected chi connectivity index (χ3v) is 3.88. The molecule has 0 aliphatic carbocycles. The number of carbonyl (C=O) groups excluding carboxylic acids is 1. The second-order valence-corrected chi connectivity index (χ2v) is 5.36. The molecule has 2 aromatic carbocycles. The first kappa shape index (κ1) is 14.7. The van der Waals surface area contributed by atoms with Crippen LogP contribution in [0.25, 0.3) is 16.7 Å². The van der Waals surface area contributed by atoms with Gasteiger partial charge in [-0.3, -0.25) is 19.5 Å². The molecule has 7 nitrogen and oxygen atoms in total. The minimum Gasteiger partial charge on any atom is -0.366 e. The Morgan fingerprint density at radius 3 is 2.57 bits per heavy atom. The van der Waals surface area contributed by atoms with Crippen LogP contribution in [0.5, 0.6) is 0 Å². The highest BCUT2D eigenvalue weighted by molar-refractivity contribution is 5.94. The van der Waals surface area contributed by atoms with Crippen LogP contribution in [0.3, 0.4) is 0 Å². The molecule has 0 saturated carbocycles. The Kier molecular flexibility index (Phi) is 3.33. The van der Waals surface area contributed by atoms with Gasteiger partial charge in [0, 0.05) is 11.6 Å². The quantitative estimate of drug-likeness (QED) is 0.593. The van der Waals surface area contributed by atoms with Crippen molar-refractivity contribution in [2.75, 3.05) is 0 Å². The van der Waals surface area contributed by atoms with Crippen molar-refractivity contribution < 1.29 is 9.72 Å². The number of carbonyl (C=O) groups is 1. The van der Waals surface area contributed by atoms with Crippen LogP contribution in [0.1, 0.15) is 21.5 Å². The van der Waals surface area contributed by atoms with E-state index >= 15 is 0 Å². The lowest BCUT2D eigenvalue weighted by molar-refractivity contribution is -0.384. The number of nitrogens with zero attached hydrogens (tertiary/aromatic N) is 3. The molecule has 23 heavy (non-hydrogen) atoms. The first-order chi connectivity index (χ1) is 10.9. The van der Waals surface area contributed by atoms with Crippen molar-refractivity contribution in [3.8, 4) is 5.69 Å². The molecule has 1 aromatic heterocycles. The number of nitro benzene ring substituents is 1. The SMILES string of the molecule is Cc1cc2ncn(-c3ccc(C(N)=O)cc3[N+](=O)[O-])c2cc1C. The monoisotopic (exact) mass is 310 g/mol. The number of hydrogen-bond donors (Lipinski definition) is 1. The Bertz CT molecular complexity index is 959. The summed E-state index contributed by atoms with van der Waals surface area (Å²) < 4.78 is 1.64. The van der Waals surface area contributed by atoms with Crippen molar-refractivity contribution in [2.24, 2.45) is 5.73 Å². The van der Waals surface area contributed by atoms with Gasteiger partial charge in [-0.05, 0) is 49.2 Å². The summed E-state index contributed by atoms with van der Waals surface area (Å²) in [5.74, 6) is -0.707. The second kappa shape index (κ2) is 5.20. The summed E-state index contributed by atoms with van der Waals surface area (Å²) in [6.45, 7) is 3.95. The average Bonchev–Trinajstić information content (AvgIpc) is 2.89. The molecule has 3 aromatic rings. The first-order valence-electron chi connectivity index (χ1n) is 6.91. The van der Waals surface area contributed by atoms with E-state index in [1.807, 2.05) is 26.0 Å². The van der Waals surface area contributed by atoms with Crippen molar-refractivity contribution in [1.29, 1.82) is 0 Å². The zero-order chi connectivity index (χ0) is 16.7. The van der Waals surface area contributed by atoms with Crippen LogP contribution >= 0.6 is 0 Å². The number of primary amides is 1. The summed E-state index contributed by atoms with van der Waals surface area (Å²) in [6.07, 6.45) is 1.54. The summed E-state index contributed by atoms with van der Waals surface area (Å²) in [5.41, 5.74) is 9.12. The first-order valence-corrected chi connectivity index (χ1v) is 6.91. The number of imidazole rings is 1. The highest BCUT2D eigenvalue weighted by atomic mass is 16.6. The van der Waals surface area contributed by atoms with Gasteiger partial charge >= 0.3 is 0 Å². The normalized spacial score (nSPS) is 10.9. The largest absolute Gasteiger partial charge is 0.366 e. The number of benzene rings is 2. The zero-order valence-electron chi connectivity index (χ0n) is 12.6. The van der Waals surface area contributed by atoms with E-state index in [-0.39, 0.29) is 11.3 Å². The van der Waals surface area contributed by atoms with Gasteiger partial charge in [-0.1, -0.05) is 0 Å². The number of fused-ring (bicyclic) bond motifs is 1. The fourth-order valence-electron chi connectivity index (χ4n) is 2.48. The minimum atomic E-state index is -0.707. The van der Waals surface area contributed by atoms with E-state index in [2.05, 4.69) is 4.98 Å². The molecule has 2 N–H and O–H groups in total. The highest BCUT2D eigenvalue weighted by Gasteiger charge is 2.19. The van der Waals surface area contributed by atoms with Crippen molar-refractivity contribution in [3.63, 3.8) is 0 Å². The molecule has 3 rings (SSSR count). The van der Waals surface area contributed by atoms with E-state index in [1.54, 1.807) is 4.57 Å². The van der Waals surface area contributed by atoms with Gasteiger partial charge in [-0.25, -0.2) is 4.98 Å². The summed E-state index contributed by atoms with van der Waals surface area (Å²) in [7, 11) is 0. The molecule has 1 amide bonds. The molecule has 0 atom stereocenters. The van der Waals surface area contributed by atoms with Gasteiger partial charge in [0.1, 0.15) is 12.0 Å². The maximum absolute atomic E-state index is 11.4. The fourth-order valence-corrected chi connectivity index (χ4v) is 2.48. The topological polar surface area (TPSA) is 104 Å². The van der Waals surface area contributed by atoms with Gasteiger partial charge in [0.05, 0.1) is 16.0 Å². The fraction of sp³-hybridized carbons (Fsp3) is 0.125. The van der Waals surface area contributed by atoms with Gasteiger partial charge in [0.25, 0.3) is 5.69 Å². The molecule has 0 spiro atoms. The number of rotatable bonds is 3. The number of aryl methyl sites for hydroxylation is 2. The minimum absolute atomic E-state index is 0.0943. The lowest BCUT2D eigenvalue weighted by atomic mass is 10.1. The number of nitrogens with two attached hydrogens (primary N) is 1. The van der Waals surface area contributed by atoms with Crippen LogP contribution in [0.4, 0.5) is 5.69 Å². The van der Waals surface area contributed by atoms with Crippen LogP contribution in [0.2, 0.25) is 0 Å². The second-order valence-electron chi connectivity index (χ2n) is 5.36. The zero-order valence-corrected chi connectivity index (χ0v) is 12.6. The Balaban J connectivity index is 2.28. The maximum Gasteiger partial charge on any atom is 0.294 e. The molecule has 0 radical (unpaired) electrons. The number of aromatic nitrogens is 2. The summed E-state index contributed by atoms with van der Waals surface area (Å²) in [6, 6.07) is 8.03. The van der Waals surface area contributed by atoms with Gasteiger partial charge in [-0.15, -0.1) is 0 Å². The van der Waals surface area contributed by atoms with Crippen molar-refractivity contribution >= 4 is 22.6 Å².